The number of sulfonamides is 1. The summed E-state index contributed by atoms with van der Waals surface area (Å²) < 4.78 is 27.8. The van der Waals surface area contributed by atoms with Crippen LogP contribution in [-0.4, -0.2) is 70.3 Å². The number of amides is 1. The molecule has 2 saturated heterocycles. The summed E-state index contributed by atoms with van der Waals surface area (Å²) in [4.78, 5) is 26.9. The van der Waals surface area contributed by atoms with E-state index < -0.39 is 10.0 Å². The van der Waals surface area contributed by atoms with E-state index in [4.69, 9.17) is 0 Å². The third kappa shape index (κ3) is 4.43. The Kier molecular flexibility index (Phi) is 5.76. The van der Waals surface area contributed by atoms with Gasteiger partial charge in [-0.15, -0.1) is 0 Å². The number of carbonyl (C=O) groups excluding carboxylic acids is 1. The molecule has 1 unspecified atom stereocenters. The predicted octanol–water partition coefficient (Wildman–Crippen LogP) is -0.0207. The van der Waals surface area contributed by atoms with Crippen molar-refractivity contribution in [3.63, 3.8) is 0 Å². The van der Waals surface area contributed by atoms with Gasteiger partial charge in [-0.2, -0.15) is 5.10 Å². The maximum Gasteiger partial charge on any atom is 0.346 e. The standard InChI is InChI=1S/C17H29N5O4S/c1-13-6-9-20(10-7-13)15(23)12-22-17(24)19(2)16(18-22)14-5-4-8-21(11-14)27(3,25)26/h13-14H,4-12H2,1-3H3. The Labute approximate surface area is 160 Å². The van der Waals surface area contributed by atoms with Crippen molar-refractivity contribution < 1.29 is 13.2 Å². The molecular weight excluding hydrogens is 370 g/mol. The molecule has 9 nitrogen and oxygen atoms in total. The van der Waals surface area contributed by atoms with Gasteiger partial charge < -0.3 is 4.90 Å². The van der Waals surface area contributed by atoms with Gasteiger partial charge in [0, 0.05) is 39.1 Å². The maximum atomic E-state index is 12.5. The SMILES string of the molecule is CC1CCN(C(=O)Cn2nc(C3CCCN(S(C)(=O)=O)C3)n(C)c2=O)CC1. The number of nitrogens with zero attached hydrogens (tertiary/aromatic N) is 5. The summed E-state index contributed by atoms with van der Waals surface area (Å²) in [5.41, 5.74) is -0.333. The van der Waals surface area contributed by atoms with Gasteiger partial charge in [-0.05, 0) is 31.6 Å². The molecule has 1 aromatic heterocycles. The summed E-state index contributed by atoms with van der Waals surface area (Å²) >= 11 is 0. The van der Waals surface area contributed by atoms with Crippen LogP contribution in [0.25, 0.3) is 0 Å². The number of aromatic nitrogens is 3. The summed E-state index contributed by atoms with van der Waals surface area (Å²) in [6.45, 7) is 4.38. The molecule has 0 radical (unpaired) electrons. The summed E-state index contributed by atoms with van der Waals surface area (Å²) in [6, 6.07) is 0. The predicted molar refractivity (Wildman–Crippen MR) is 101 cm³/mol. The molecule has 3 heterocycles. The maximum absolute atomic E-state index is 12.5. The van der Waals surface area contributed by atoms with Crippen LogP contribution >= 0.6 is 0 Å². The van der Waals surface area contributed by atoms with E-state index in [1.807, 2.05) is 0 Å². The van der Waals surface area contributed by atoms with E-state index in [9.17, 15) is 18.0 Å². The summed E-state index contributed by atoms with van der Waals surface area (Å²) in [6.07, 6.45) is 4.66. The third-order valence-corrected chi connectivity index (χ3v) is 6.98. The fourth-order valence-corrected chi connectivity index (χ4v) is 4.82. The highest BCUT2D eigenvalue weighted by atomic mass is 32.2. The quantitative estimate of drug-likeness (QED) is 0.709. The normalized spacial score (nSPS) is 22.9. The van der Waals surface area contributed by atoms with Crippen molar-refractivity contribution in [3.05, 3.63) is 16.3 Å². The lowest BCUT2D eigenvalue weighted by atomic mass is 9.99. The third-order valence-electron chi connectivity index (χ3n) is 5.71. The first-order chi connectivity index (χ1) is 12.7. The summed E-state index contributed by atoms with van der Waals surface area (Å²) in [5, 5.41) is 4.40. The lowest BCUT2D eigenvalue weighted by molar-refractivity contribution is -0.133. The zero-order chi connectivity index (χ0) is 19.8. The molecule has 2 aliphatic rings. The van der Waals surface area contributed by atoms with E-state index >= 15 is 0 Å². The Morgan fingerprint density at radius 2 is 1.85 bits per heavy atom. The van der Waals surface area contributed by atoms with Gasteiger partial charge in [-0.1, -0.05) is 6.92 Å². The van der Waals surface area contributed by atoms with Crippen LogP contribution in [0, 0.1) is 5.92 Å². The van der Waals surface area contributed by atoms with E-state index in [0.717, 1.165) is 38.8 Å². The average Bonchev–Trinajstić information content (AvgIpc) is 2.90. The molecule has 3 rings (SSSR count). The zero-order valence-corrected chi connectivity index (χ0v) is 17.1. The van der Waals surface area contributed by atoms with E-state index in [0.29, 0.717) is 24.8 Å². The van der Waals surface area contributed by atoms with E-state index in [2.05, 4.69) is 12.0 Å². The average molecular weight is 400 g/mol. The van der Waals surface area contributed by atoms with Crippen LogP contribution in [0.1, 0.15) is 44.3 Å². The number of hydrogen-bond acceptors (Lipinski definition) is 5. The summed E-state index contributed by atoms with van der Waals surface area (Å²) in [7, 11) is -1.64. The highest BCUT2D eigenvalue weighted by Gasteiger charge is 2.31. The molecule has 2 aliphatic heterocycles. The topological polar surface area (TPSA) is 97.5 Å². The Morgan fingerprint density at radius 1 is 1.19 bits per heavy atom. The molecular formula is C17H29N5O4S. The molecule has 0 spiro atoms. The molecule has 1 amide bonds. The molecule has 2 fully saturated rings. The van der Waals surface area contributed by atoms with Crippen LogP contribution < -0.4 is 5.69 Å². The minimum absolute atomic E-state index is 0.0659. The molecule has 152 valence electrons. The molecule has 1 atom stereocenters. The molecule has 0 bridgehead atoms. The van der Waals surface area contributed by atoms with Crippen LogP contribution in [0.4, 0.5) is 0 Å². The van der Waals surface area contributed by atoms with Crippen LogP contribution in [0.15, 0.2) is 4.79 Å². The second-order valence-corrected chi connectivity index (χ2v) is 9.86. The Bertz CT molecular complexity index is 851. The monoisotopic (exact) mass is 399 g/mol. The first-order valence-corrected chi connectivity index (χ1v) is 11.4. The van der Waals surface area contributed by atoms with Gasteiger partial charge in [-0.25, -0.2) is 22.2 Å². The molecule has 0 aromatic carbocycles. The second-order valence-electron chi connectivity index (χ2n) is 7.88. The molecule has 0 saturated carbocycles. The lowest BCUT2D eigenvalue weighted by Gasteiger charge is -2.30. The first kappa shape index (κ1) is 20.1. The molecule has 27 heavy (non-hydrogen) atoms. The van der Waals surface area contributed by atoms with Gasteiger partial charge >= 0.3 is 5.69 Å². The fourth-order valence-electron chi connectivity index (χ4n) is 3.90. The highest BCUT2D eigenvalue weighted by molar-refractivity contribution is 7.88. The van der Waals surface area contributed by atoms with Gasteiger partial charge in [0.15, 0.2) is 0 Å². The van der Waals surface area contributed by atoms with Crippen molar-refractivity contribution in [1.82, 2.24) is 23.6 Å². The van der Waals surface area contributed by atoms with Crippen LogP contribution in [0.2, 0.25) is 0 Å². The minimum atomic E-state index is -3.27. The minimum Gasteiger partial charge on any atom is -0.341 e. The number of piperidine rings is 2. The lowest BCUT2D eigenvalue weighted by Crippen LogP contribution is -2.41. The van der Waals surface area contributed by atoms with Crippen molar-refractivity contribution in [1.29, 1.82) is 0 Å². The van der Waals surface area contributed by atoms with Crippen molar-refractivity contribution >= 4 is 15.9 Å². The number of likely N-dealkylation sites (tertiary alicyclic amines) is 1. The van der Waals surface area contributed by atoms with Crippen molar-refractivity contribution in [2.75, 3.05) is 32.4 Å². The van der Waals surface area contributed by atoms with E-state index in [1.54, 1.807) is 11.9 Å². The van der Waals surface area contributed by atoms with Crippen molar-refractivity contribution in [2.45, 2.75) is 45.1 Å². The van der Waals surface area contributed by atoms with Gasteiger partial charge in [0.05, 0.1) is 6.26 Å². The zero-order valence-electron chi connectivity index (χ0n) is 16.3. The van der Waals surface area contributed by atoms with Crippen LogP contribution in [0.3, 0.4) is 0 Å². The van der Waals surface area contributed by atoms with Gasteiger partial charge in [0.25, 0.3) is 0 Å². The van der Waals surface area contributed by atoms with Gasteiger partial charge in [0.2, 0.25) is 15.9 Å². The highest BCUT2D eigenvalue weighted by Crippen LogP contribution is 2.26. The second kappa shape index (κ2) is 7.75. The molecule has 1 aromatic rings. The van der Waals surface area contributed by atoms with Crippen LogP contribution in [-0.2, 0) is 28.4 Å². The van der Waals surface area contributed by atoms with Crippen molar-refractivity contribution in [3.8, 4) is 0 Å². The molecule has 0 aliphatic carbocycles. The van der Waals surface area contributed by atoms with Gasteiger partial charge in [0.1, 0.15) is 12.4 Å². The van der Waals surface area contributed by atoms with E-state index in [1.165, 1.54) is 19.8 Å². The molecule has 0 N–H and O–H groups in total. The summed E-state index contributed by atoms with van der Waals surface area (Å²) in [5.74, 6) is 0.948. The smallest absolute Gasteiger partial charge is 0.341 e. The largest absolute Gasteiger partial charge is 0.346 e. The number of rotatable bonds is 4. The Hall–Kier alpha value is -1.68. The van der Waals surface area contributed by atoms with Gasteiger partial charge in [-0.3, -0.25) is 9.36 Å². The Balaban J connectivity index is 1.74. The first-order valence-electron chi connectivity index (χ1n) is 9.53. The van der Waals surface area contributed by atoms with E-state index in [-0.39, 0.29) is 24.1 Å². The Morgan fingerprint density at radius 3 is 2.48 bits per heavy atom. The number of carbonyl (C=O) groups is 1. The molecule has 10 heteroatoms. The van der Waals surface area contributed by atoms with Crippen molar-refractivity contribution in [2.24, 2.45) is 13.0 Å². The fraction of sp³-hybridized carbons (Fsp3) is 0.824. The number of hydrogen-bond donors (Lipinski definition) is 0. The van der Waals surface area contributed by atoms with Crippen LogP contribution in [0.5, 0.6) is 0 Å².